The molecule has 0 saturated carbocycles. The second kappa shape index (κ2) is 8.87. The van der Waals surface area contributed by atoms with Crippen molar-refractivity contribution in [3.8, 4) is 0 Å². The van der Waals surface area contributed by atoms with Gasteiger partial charge in [-0.05, 0) is 38.5 Å². The Kier molecular flexibility index (Phi) is 6.27. The fraction of sp³-hybridized carbons (Fsp3) is 0.273. The van der Waals surface area contributed by atoms with E-state index in [1.165, 1.54) is 23.1 Å². The van der Waals surface area contributed by atoms with E-state index in [-0.39, 0.29) is 17.8 Å². The van der Waals surface area contributed by atoms with Crippen LogP contribution < -0.4 is 5.32 Å². The van der Waals surface area contributed by atoms with E-state index < -0.39 is 29.7 Å². The molecule has 0 aliphatic carbocycles. The van der Waals surface area contributed by atoms with Crippen molar-refractivity contribution in [2.75, 3.05) is 11.9 Å². The van der Waals surface area contributed by atoms with E-state index in [4.69, 9.17) is 0 Å². The molecule has 1 amide bonds. The quantitative estimate of drug-likeness (QED) is 0.726. The van der Waals surface area contributed by atoms with Crippen LogP contribution in [0.4, 0.5) is 5.69 Å². The highest BCUT2D eigenvalue weighted by molar-refractivity contribution is 6.11. The van der Waals surface area contributed by atoms with E-state index in [0.29, 0.717) is 5.69 Å². The molecule has 3 rings (SSSR count). The van der Waals surface area contributed by atoms with Crippen LogP contribution in [0.2, 0.25) is 0 Å². The molecule has 2 N–H and O–H groups in total. The van der Waals surface area contributed by atoms with Crippen molar-refractivity contribution in [2.24, 2.45) is 0 Å². The van der Waals surface area contributed by atoms with Crippen LogP contribution in [0, 0.1) is 0 Å². The molecule has 2 heterocycles. The zero-order valence-electron chi connectivity index (χ0n) is 17.1. The number of nitrogens with one attached hydrogen (secondary N) is 1. The first-order valence-electron chi connectivity index (χ1n) is 9.66. The van der Waals surface area contributed by atoms with Gasteiger partial charge in [0.1, 0.15) is 5.70 Å². The molecule has 2 atom stereocenters. The Morgan fingerprint density at radius 3 is 2.43 bits per heavy atom. The highest BCUT2D eigenvalue weighted by atomic mass is 16.4. The number of hydrogen-bond acceptors (Lipinski definition) is 6. The van der Waals surface area contributed by atoms with Crippen LogP contribution in [0.25, 0.3) is 0 Å². The molecule has 0 radical (unpaired) electrons. The average molecular weight is 408 g/mol. The molecular formula is C22H24N4O4. The topological polar surface area (TPSA) is 103 Å². The number of likely N-dealkylation sites (N-methyl/N-ethyl adjacent to an activating group) is 1. The highest BCUT2D eigenvalue weighted by Crippen LogP contribution is 2.34. The number of benzene rings is 1. The molecule has 2 aromatic rings. The summed E-state index contributed by atoms with van der Waals surface area (Å²) in [4.78, 5) is 42.3. The maximum absolute atomic E-state index is 13.4. The fourth-order valence-electron chi connectivity index (χ4n) is 3.69. The number of aromatic nitrogens is 1. The SMILES string of the molecule is CCN1C(=O)C(Nc2cccnc2)=C(C(C)=O)C(C(=O)O)N1C(C)c1ccccc1. The third kappa shape index (κ3) is 3.95. The summed E-state index contributed by atoms with van der Waals surface area (Å²) in [7, 11) is 0. The number of aliphatic carboxylic acids is 1. The van der Waals surface area contributed by atoms with Gasteiger partial charge in [-0.2, -0.15) is 5.01 Å². The molecule has 1 aromatic carbocycles. The molecule has 0 fully saturated rings. The van der Waals surface area contributed by atoms with Gasteiger partial charge < -0.3 is 10.4 Å². The molecule has 1 aromatic heterocycles. The molecule has 0 saturated heterocycles. The first-order chi connectivity index (χ1) is 14.4. The van der Waals surface area contributed by atoms with Gasteiger partial charge in [0.05, 0.1) is 23.5 Å². The van der Waals surface area contributed by atoms with Crippen LogP contribution >= 0.6 is 0 Å². The van der Waals surface area contributed by atoms with Crippen LogP contribution in [0.5, 0.6) is 0 Å². The smallest absolute Gasteiger partial charge is 0.327 e. The van der Waals surface area contributed by atoms with E-state index in [2.05, 4.69) is 10.3 Å². The normalized spacial score (nSPS) is 18.3. The van der Waals surface area contributed by atoms with E-state index >= 15 is 0 Å². The van der Waals surface area contributed by atoms with Crippen molar-refractivity contribution in [3.63, 3.8) is 0 Å². The Morgan fingerprint density at radius 2 is 1.90 bits per heavy atom. The second-order valence-electron chi connectivity index (χ2n) is 6.94. The lowest BCUT2D eigenvalue weighted by molar-refractivity contribution is -0.169. The number of amides is 1. The molecule has 0 bridgehead atoms. The van der Waals surface area contributed by atoms with E-state index in [1.807, 2.05) is 37.3 Å². The first-order valence-corrected chi connectivity index (χ1v) is 9.66. The number of hydrazine groups is 1. The molecule has 1 aliphatic rings. The van der Waals surface area contributed by atoms with Gasteiger partial charge in [0.2, 0.25) is 0 Å². The Balaban J connectivity index is 2.17. The van der Waals surface area contributed by atoms with Gasteiger partial charge in [-0.15, -0.1) is 0 Å². The maximum atomic E-state index is 13.4. The fourth-order valence-corrected chi connectivity index (χ4v) is 3.69. The molecular weight excluding hydrogens is 384 g/mol. The number of nitrogens with zero attached hydrogens (tertiary/aromatic N) is 3. The number of carboxylic acids is 1. The lowest BCUT2D eigenvalue weighted by atomic mass is 9.94. The Labute approximate surface area is 174 Å². The Morgan fingerprint density at radius 1 is 1.20 bits per heavy atom. The molecule has 30 heavy (non-hydrogen) atoms. The zero-order valence-corrected chi connectivity index (χ0v) is 17.1. The van der Waals surface area contributed by atoms with Crippen molar-refractivity contribution in [3.05, 3.63) is 71.7 Å². The van der Waals surface area contributed by atoms with Crippen LogP contribution in [0.3, 0.4) is 0 Å². The summed E-state index contributed by atoms with van der Waals surface area (Å²) < 4.78 is 0. The number of pyridine rings is 1. The van der Waals surface area contributed by atoms with Crippen molar-refractivity contribution >= 4 is 23.3 Å². The molecule has 2 unspecified atom stereocenters. The standard InChI is InChI=1S/C22H24N4O4/c1-4-25-21(28)19(24-17-11-8-12-23-13-17)18(15(3)27)20(22(29)30)26(25)14(2)16-9-6-5-7-10-16/h5-14,20,24H,4H2,1-3H3,(H,29,30). The van der Waals surface area contributed by atoms with Gasteiger partial charge in [-0.3, -0.25) is 24.4 Å². The van der Waals surface area contributed by atoms with Gasteiger partial charge >= 0.3 is 5.97 Å². The number of Topliss-reactive ketones (excluding diaryl/α,β-unsaturated/α-hetero) is 1. The number of rotatable bonds is 7. The van der Waals surface area contributed by atoms with E-state index in [0.717, 1.165) is 5.56 Å². The van der Waals surface area contributed by atoms with Crippen LogP contribution in [0.1, 0.15) is 32.4 Å². The third-order valence-corrected chi connectivity index (χ3v) is 5.06. The van der Waals surface area contributed by atoms with Gasteiger partial charge in [-0.1, -0.05) is 30.3 Å². The van der Waals surface area contributed by atoms with Crippen molar-refractivity contribution in [1.82, 2.24) is 15.0 Å². The lowest BCUT2D eigenvalue weighted by Crippen LogP contribution is -2.61. The highest BCUT2D eigenvalue weighted by Gasteiger charge is 2.47. The third-order valence-electron chi connectivity index (χ3n) is 5.06. The molecule has 1 aliphatic heterocycles. The van der Waals surface area contributed by atoms with Crippen LogP contribution in [-0.4, -0.2) is 50.4 Å². The zero-order chi connectivity index (χ0) is 21.8. The van der Waals surface area contributed by atoms with Crippen LogP contribution in [0.15, 0.2) is 66.1 Å². The minimum absolute atomic E-state index is 0.0405. The summed E-state index contributed by atoms with van der Waals surface area (Å²) in [5.74, 6) is -2.16. The first kappa shape index (κ1) is 21.2. The lowest BCUT2D eigenvalue weighted by Gasteiger charge is -2.46. The predicted molar refractivity (Wildman–Crippen MR) is 111 cm³/mol. The van der Waals surface area contributed by atoms with E-state index in [9.17, 15) is 19.5 Å². The number of anilines is 1. The Bertz CT molecular complexity index is 975. The van der Waals surface area contributed by atoms with Crippen molar-refractivity contribution in [2.45, 2.75) is 32.9 Å². The molecule has 156 valence electrons. The monoisotopic (exact) mass is 408 g/mol. The number of carbonyl (C=O) groups is 3. The summed E-state index contributed by atoms with van der Waals surface area (Å²) in [6.07, 6.45) is 3.08. The van der Waals surface area contributed by atoms with E-state index in [1.54, 1.807) is 25.3 Å². The average Bonchev–Trinajstić information content (AvgIpc) is 2.75. The number of carbonyl (C=O) groups excluding carboxylic acids is 2. The molecule has 0 spiro atoms. The van der Waals surface area contributed by atoms with Gasteiger partial charge in [-0.25, -0.2) is 0 Å². The van der Waals surface area contributed by atoms with Gasteiger partial charge in [0.25, 0.3) is 5.91 Å². The summed E-state index contributed by atoms with van der Waals surface area (Å²) in [6, 6.07) is 10.9. The second-order valence-corrected chi connectivity index (χ2v) is 6.94. The van der Waals surface area contributed by atoms with Crippen LogP contribution in [-0.2, 0) is 14.4 Å². The minimum Gasteiger partial charge on any atom is -0.480 e. The molecule has 8 nitrogen and oxygen atoms in total. The summed E-state index contributed by atoms with van der Waals surface area (Å²) in [5.41, 5.74) is 1.20. The predicted octanol–water partition coefficient (Wildman–Crippen LogP) is 2.63. The number of carboxylic acid groups (broad SMARTS) is 1. The number of hydrogen-bond donors (Lipinski definition) is 2. The number of ketones is 1. The van der Waals surface area contributed by atoms with Gasteiger partial charge in [0, 0.05) is 12.7 Å². The summed E-state index contributed by atoms with van der Waals surface area (Å²) in [5, 5.41) is 15.9. The van der Waals surface area contributed by atoms with Crippen molar-refractivity contribution < 1.29 is 19.5 Å². The molecule has 8 heteroatoms. The summed E-state index contributed by atoms with van der Waals surface area (Å²) in [6.45, 7) is 5.10. The van der Waals surface area contributed by atoms with Crippen molar-refractivity contribution in [1.29, 1.82) is 0 Å². The minimum atomic E-state index is -1.32. The van der Waals surface area contributed by atoms with Gasteiger partial charge in [0.15, 0.2) is 11.8 Å². The largest absolute Gasteiger partial charge is 0.480 e. The Hall–Kier alpha value is -3.52. The summed E-state index contributed by atoms with van der Waals surface area (Å²) >= 11 is 0. The maximum Gasteiger partial charge on any atom is 0.327 e.